The number of anilines is 2. The van der Waals surface area contributed by atoms with E-state index in [0.717, 1.165) is 34.6 Å². The predicted octanol–water partition coefficient (Wildman–Crippen LogP) is 9.26. The fourth-order valence-electron chi connectivity index (χ4n) is 5.84. The molecule has 0 fully saturated rings. The first kappa shape index (κ1) is 37.9. The molecule has 2 atom stereocenters. The monoisotopic (exact) mass is 743 g/mol. The van der Waals surface area contributed by atoms with E-state index in [4.69, 9.17) is 16.3 Å². The number of rotatable bonds is 11. The van der Waals surface area contributed by atoms with Gasteiger partial charge in [-0.05, 0) is 98.0 Å². The molecular weight excluding hydrogens is 702 g/mol. The number of thiophene rings is 1. The van der Waals surface area contributed by atoms with Gasteiger partial charge in [0.25, 0.3) is 11.8 Å². The molecule has 4 aromatic rings. The summed E-state index contributed by atoms with van der Waals surface area (Å²) in [6.45, 7) is 10.5. The third-order valence-electron chi connectivity index (χ3n) is 8.71. The van der Waals surface area contributed by atoms with E-state index in [2.05, 4.69) is 36.7 Å². The molecule has 1 heterocycles. The van der Waals surface area contributed by atoms with Crippen LogP contribution in [0.1, 0.15) is 77.8 Å². The van der Waals surface area contributed by atoms with Crippen LogP contribution in [0.2, 0.25) is 5.02 Å². The maximum Gasteiger partial charge on any atom is 0.341 e. The van der Waals surface area contributed by atoms with E-state index in [1.165, 1.54) is 29.2 Å². The van der Waals surface area contributed by atoms with Crippen LogP contribution in [0, 0.1) is 11.3 Å². The lowest BCUT2D eigenvalue weighted by Gasteiger charge is -2.33. The van der Waals surface area contributed by atoms with Gasteiger partial charge in [0.05, 0.1) is 17.4 Å². The van der Waals surface area contributed by atoms with Gasteiger partial charge in [0.15, 0.2) is 0 Å². The smallest absolute Gasteiger partial charge is 0.341 e. The Morgan fingerprint density at radius 2 is 1.73 bits per heavy atom. The second-order valence-electron chi connectivity index (χ2n) is 13.4. The summed E-state index contributed by atoms with van der Waals surface area (Å²) in [5.74, 6) is -1.17. The van der Waals surface area contributed by atoms with Crippen molar-refractivity contribution in [3.63, 3.8) is 0 Å². The van der Waals surface area contributed by atoms with Crippen molar-refractivity contribution in [2.45, 2.75) is 64.0 Å². The lowest BCUT2D eigenvalue weighted by Crippen LogP contribution is -2.30. The average molecular weight is 744 g/mol. The molecule has 0 bridgehead atoms. The van der Waals surface area contributed by atoms with Crippen LogP contribution in [0.15, 0.2) is 89.5 Å². The van der Waals surface area contributed by atoms with E-state index in [0.29, 0.717) is 38.3 Å². The molecule has 3 N–H and O–H groups in total. The SMILES string of the molecule is CCOC(=O)c1c(NC(=O)C(C)Sc2cccc(NC(=O)/C(=C\c3ccccc3Cl)NC(=O)c3ccccc3)c2)sc2c1CCC(C(C)(C)C)C2. The molecule has 1 aliphatic carbocycles. The topological polar surface area (TPSA) is 114 Å². The molecule has 8 nitrogen and oxygen atoms in total. The maximum atomic E-state index is 13.6. The first-order chi connectivity index (χ1) is 24.3. The number of carbonyl (C=O) groups is 4. The molecule has 0 radical (unpaired) electrons. The van der Waals surface area contributed by atoms with E-state index >= 15 is 0 Å². The normalized spacial score (nSPS) is 14.9. The van der Waals surface area contributed by atoms with E-state index in [1.807, 2.05) is 6.07 Å². The number of ether oxygens (including phenoxy) is 1. The highest BCUT2D eigenvalue weighted by Gasteiger charge is 2.35. The molecule has 0 aliphatic heterocycles. The molecule has 0 saturated heterocycles. The Labute approximate surface area is 312 Å². The fourth-order valence-corrected chi connectivity index (χ4v) is 8.27. The van der Waals surface area contributed by atoms with Gasteiger partial charge in [-0.1, -0.05) is 74.8 Å². The van der Waals surface area contributed by atoms with Crippen molar-refractivity contribution in [3.05, 3.63) is 117 Å². The van der Waals surface area contributed by atoms with E-state index < -0.39 is 23.0 Å². The van der Waals surface area contributed by atoms with Crippen molar-refractivity contribution >= 4 is 75.2 Å². The first-order valence-corrected chi connectivity index (χ1v) is 18.9. The standard InChI is InChI=1S/C40H42ClN3O5S2/c1-6-49-39(48)34-30-20-19-27(40(3,4)5)22-33(30)51-38(34)44-35(45)24(2)50-29-17-12-16-28(23-29)42-37(47)32(21-26-15-10-11-18-31(26)41)43-36(46)25-13-8-7-9-14-25/h7-18,21,23-24,27H,6,19-20,22H2,1-5H3,(H,42,47)(H,43,46)(H,44,45)/b32-21+. The Balaban J connectivity index is 1.30. The minimum atomic E-state index is -0.547. The molecule has 3 amide bonds. The quantitative estimate of drug-likeness (QED) is 0.0802. The number of fused-ring (bicyclic) bond motifs is 1. The molecule has 11 heteroatoms. The van der Waals surface area contributed by atoms with Gasteiger partial charge < -0.3 is 20.7 Å². The van der Waals surface area contributed by atoms with Gasteiger partial charge in [0, 0.05) is 26.0 Å². The molecular formula is C40H42ClN3O5S2. The Morgan fingerprint density at radius 1 is 1.00 bits per heavy atom. The summed E-state index contributed by atoms with van der Waals surface area (Å²) >= 11 is 9.16. The highest BCUT2D eigenvalue weighted by Crippen LogP contribution is 2.44. The van der Waals surface area contributed by atoms with Gasteiger partial charge in [-0.25, -0.2) is 4.79 Å². The van der Waals surface area contributed by atoms with Gasteiger partial charge in [0.1, 0.15) is 10.7 Å². The van der Waals surface area contributed by atoms with Crippen molar-refractivity contribution < 1.29 is 23.9 Å². The number of thioether (sulfide) groups is 1. The maximum absolute atomic E-state index is 13.6. The van der Waals surface area contributed by atoms with Crippen LogP contribution in [0.3, 0.4) is 0 Å². The van der Waals surface area contributed by atoms with Crippen LogP contribution in [-0.2, 0) is 27.2 Å². The van der Waals surface area contributed by atoms with Gasteiger partial charge in [-0.3, -0.25) is 14.4 Å². The lowest BCUT2D eigenvalue weighted by molar-refractivity contribution is -0.115. The number of hydrogen-bond acceptors (Lipinski definition) is 7. The molecule has 5 rings (SSSR count). The Morgan fingerprint density at radius 3 is 2.43 bits per heavy atom. The van der Waals surface area contributed by atoms with Crippen LogP contribution in [0.5, 0.6) is 0 Å². The van der Waals surface area contributed by atoms with Crippen LogP contribution in [0.4, 0.5) is 10.7 Å². The molecule has 0 spiro atoms. The van der Waals surface area contributed by atoms with Crippen LogP contribution < -0.4 is 16.0 Å². The van der Waals surface area contributed by atoms with Gasteiger partial charge in [0.2, 0.25) is 5.91 Å². The lowest BCUT2D eigenvalue weighted by atomic mass is 9.72. The summed E-state index contributed by atoms with van der Waals surface area (Å²) in [4.78, 5) is 55.1. The molecule has 1 aromatic heterocycles. The zero-order valence-corrected chi connectivity index (χ0v) is 31.7. The third-order valence-corrected chi connectivity index (χ3v) is 11.3. The van der Waals surface area contributed by atoms with E-state index in [9.17, 15) is 19.2 Å². The summed E-state index contributed by atoms with van der Waals surface area (Å²) in [6, 6.07) is 22.7. The molecule has 3 aromatic carbocycles. The minimum absolute atomic E-state index is 0.00706. The summed E-state index contributed by atoms with van der Waals surface area (Å²) in [7, 11) is 0. The highest BCUT2D eigenvalue weighted by atomic mass is 35.5. The van der Waals surface area contributed by atoms with E-state index in [1.54, 1.807) is 86.6 Å². The van der Waals surface area contributed by atoms with Crippen LogP contribution in [-0.4, -0.2) is 35.5 Å². The van der Waals surface area contributed by atoms with Crippen molar-refractivity contribution in [1.82, 2.24) is 5.32 Å². The number of hydrogen-bond donors (Lipinski definition) is 3. The van der Waals surface area contributed by atoms with Gasteiger partial charge in [-0.2, -0.15) is 0 Å². The zero-order chi connectivity index (χ0) is 36.7. The predicted molar refractivity (Wildman–Crippen MR) is 208 cm³/mol. The fraction of sp³-hybridized carbons (Fsp3) is 0.300. The van der Waals surface area contributed by atoms with Gasteiger partial charge in [-0.15, -0.1) is 23.1 Å². The summed E-state index contributed by atoms with van der Waals surface area (Å²) in [5.41, 5.74) is 3.03. The Hall–Kier alpha value is -4.38. The van der Waals surface area contributed by atoms with Crippen LogP contribution >= 0.6 is 34.7 Å². The zero-order valence-electron chi connectivity index (χ0n) is 29.3. The number of esters is 1. The Bertz CT molecular complexity index is 1950. The van der Waals surface area contributed by atoms with Crippen molar-refractivity contribution in [3.8, 4) is 0 Å². The number of carbonyl (C=O) groups excluding carboxylic acids is 4. The molecule has 2 unspecified atom stereocenters. The second kappa shape index (κ2) is 16.8. The van der Waals surface area contributed by atoms with Crippen molar-refractivity contribution in [1.29, 1.82) is 0 Å². The minimum Gasteiger partial charge on any atom is -0.462 e. The van der Waals surface area contributed by atoms with Crippen molar-refractivity contribution in [2.24, 2.45) is 11.3 Å². The number of nitrogens with one attached hydrogen (secondary N) is 3. The summed E-state index contributed by atoms with van der Waals surface area (Å²) in [6.07, 6.45) is 4.13. The second-order valence-corrected chi connectivity index (χ2v) is 16.3. The number of amides is 3. The number of halogens is 1. The largest absolute Gasteiger partial charge is 0.462 e. The first-order valence-electron chi connectivity index (χ1n) is 16.9. The molecule has 0 saturated carbocycles. The summed E-state index contributed by atoms with van der Waals surface area (Å²) in [5, 5.41) is 9.04. The number of benzene rings is 3. The Kier molecular flexibility index (Phi) is 12.4. The molecule has 266 valence electrons. The average Bonchev–Trinajstić information content (AvgIpc) is 3.46. The molecule has 1 aliphatic rings. The van der Waals surface area contributed by atoms with Crippen molar-refractivity contribution in [2.75, 3.05) is 17.2 Å². The summed E-state index contributed by atoms with van der Waals surface area (Å²) < 4.78 is 5.41. The molecule has 51 heavy (non-hydrogen) atoms. The highest BCUT2D eigenvalue weighted by molar-refractivity contribution is 8.00. The van der Waals surface area contributed by atoms with Gasteiger partial charge >= 0.3 is 5.97 Å². The van der Waals surface area contributed by atoms with E-state index in [-0.39, 0.29) is 23.6 Å². The van der Waals surface area contributed by atoms with Crippen LogP contribution in [0.25, 0.3) is 6.08 Å². The third kappa shape index (κ3) is 9.70.